The van der Waals surface area contributed by atoms with Crippen molar-refractivity contribution in [2.45, 2.75) is 77.6 Å². The lowest BCUT2D eigenvalue weighted by Gasteiger charge is -2.08. The summed E-state index contributed by atoms with van der Waals surface area (Å²) in [6.45, 7) is 2.09. The Hall–Kier alpha value is -0.590. The van der Waals surface area contributed by atoms with Gasteiger partial charge in [0.2, 0.25) is 0 Å². The van der Waals surface area contributed by atoms with Crippen LogP contribution >= 0.6 is 0 Å². The van der Waals surface area contributed by atoms with Crippen molar-refractivity contribution in [2.24, 2.45) is 5.92 Å². The van der Waals surface area contributed by atoms with Crippen molar-refractivity contribution in [3.63, 3.8) is 0 Å². The quantitative estimate of drug-likeness (QED) is 0.538. The van der Waals surface area contributed by atoms with Gasteiger partial charge in [0, 0.05) is 12.3 Å². The molecule has 0 unspecified atom stereocenters. The second-order valence-electron chi connectivity index (χ2n) is 5.43. The second-order valence-corrected chi connectivity index (χ2v) is 5.43. The molecule has 0 N–H and O–H groups in total. The van der Waals surface area contributed by atoms with E-state index in [0.29, 0.717) is 5.78 Å². The monoisotopic (exact) mass is 236 g/mol. The second kappa shape index (κ2) is 9.44. The summed E-state index contributed by atoms with van der Waals surface area (Å²) in [5.74, 6) is 0.748. The van der Waals surface area contributed by atoms with Crippen LogP contribution in [0.2, 0.25) is 0 Å². The number of hydrogen-bond acceptors (Lipinski definition) is 1. The fourth-order valence-corrected chi connectivity index (χ4v) is 2.43. The topological polar surface area (TPSA) is 17.1 Å². The molecule has 1 aliphatic rings. The maximum absolute atomic E-state index is 11.8. The summed E-state index contributed by atoms with van der Waals surface area (Å²) in [6.07, 6.45) is 17.8. The van der Waals surface area contributed by atoms with E-state index >= 15 is 0 Å². The van der Waals surface area contributed by atoms with Gasteiger partial charge in [-0.15, -0.1) is 0 Å². The van der Waals surface area contributed by atoms with Gasteiger partial charge in [0.1, 0.15) is 5.78 Å². The van der Waals surface area contributed by atoms with Gasteiger partial charge in [0.05, 0.1) is 0 Å². The molecule has 1 heteroatoms. The molecule has 0 aromatic carbocycles. The first-order chi connectivity index (χ1) is 8.30. The third kappa shape index (κ3) is 7.36. The van der Waals surface area contributed by atoms with E-state index in [1.54, 1.807) is 0 Å². The molecule has 1 aliphatic carbocycles. The van der Waals surface area contributed by atoms with Crippen LogP contribution in [0.3, 0.4) is 0 Å². The van der Waals surface area contributed by atoms with Crippen molar-refractivity contribution < 1.29 is 4.79 Å². The van der Waals surface area contributed by atoms with Gasteiger partial charge in [0.25, 0.3) is 0 Å². The molecule has 0 aromatic rings. The molecule has 17 heavy (non-hydrogen) atoms. The highest BCUT2D eigenvalue weighted by Crippen LogP contribution is 2.15. The Labute approximate surface area is 107 Å². The SMILES string of the molecule is C[C@@H]1CC/C=C\CCCCCCCCCC1=O. The number of carbonyl (C=O) groups is 1. The molecule has 0 radical (unpaired) electrons. The van der Waals surface area contributed by atoms with E-state index in [4.69, 9.17) is 0 Å². The molecule has 0 saturated carbocycles. The van der Waals surface area contributed by atoms with Crippen LogP contribution in [0.25, 0.3) is 0 Å². The maximum atomic E-state index is 11.8. The number of rotatable bonds is 0. The van der Waals surface area contributed by atoms with Crippen molar-refractivity contribution in [1.29, 1.82) is 0 Å². The van der Waals surface area contributed by atoms with E-state index in [9.17, 15) is 4.79 Å². The summed E-state index contributed by atoms with van der Waals surface area (Å²) < 4.78 is 0. The average Bonchev–Trinajstić information content (AvgIpc) is 2.34. The lowest BCUT2D eigenvalue weighted by Crippen LogP contribution is -2.10. The van der Waals surface area contributed by atoms with Crippen LogP contribution in [0.15, 0.2) is 12.2 Å². The molecular formula is C16H28O. The normalized spacial score (nSPS) is 28.1. The van der Waals surface area contributed by atoms with E-state index in [1.165, 1.54) is 44.9 Å². The van der Waals surface area contributed by atoms with E-state index in [1.807, 2.05) is 0 Å². The highest BCUT2D eigenvalue weighted by atomic mass is 16.1. The first-order valence-corrected chi connectivity index (χ1v) is 7.48. The minimum Gasteiger partial charge on any atom is -0.299 e. The first-order valence-electron chi connectivity index (χ1n) is 7.48. The van der Waals surface area contributed by atoms with Crippen LogP contribution in [0, 0.1) is 5.92 Å². The Morgan fingerprint density at radius 1 is 0.882 bits per heavy atom. The predicted octanol–water partition coefficient (Wildman–Crippen LogP) is 5.05. The Kier molecular flexibility index (Phi) is 8.04. The Balaban J connectivity index is 2.31. The fraction of sp³-hybridized carbons (Fsp3) is 0.812. The lowest BCUT2D eigenvalue weighted by atomic mass is 9.96. The van der Waals surface area contributed by atoms with E-state index < -0.39 is 0 Å². The molecule has 1 rings (SSSR count). The number of carbonyl (C=O) groups excluding carboxylic acids is 1. The Bertz CT molecular complexity index is 230. The minimum absolute atomic E-state index is 0.268. The van der Waals surface area contributed by atoms with Crippen LogP contribution in [0.4, 0.5) is 0 Å². The zero-order valence-corrected chi connectivity index (χ0v) is 11.4. The molecule has 0 amide bonds. The number of ketones is 1. The summed E-state index contributed by atoms with van der Waals surface area (Å²) >= 11 is 0. The van der Waals surface area contributed by atoms with E-state index in [-0.39, 0.29) is 5.92 Å². The Morgan fingerprint density at radius 3 is 2.24 bits per heavy atom. The van der Waals surface area contributed by atoms with Gasteiger partial charge in [0.15, 0.2) is 0 Å². The summed E-state index contributed by atoms with van der Waals surface area (Å²) in [4.78, 5) is 11.8. The highest BCUT2D eigenvalue weighted by Gasteiger charge is 2.11. The average molecular weight is 236 g/mol. The van der Waals surface area contributed by atoms with Gasteiger partial charge < -0.3 is 0 Å². The highest BCUT2D eigenvalue weighted by molar-refractivity contribution is 5.80. The van der Waals surface area contributed by atoms with Crippen LogP contribution in [0.5, 0.6) is 0 Å². The van der Waals surface area contributed by atoms with Gasteiger partial charge in [-0.1, -0.05) is 51.2 Å². The smallest absolute Gasteiger partial charge is 0.135 e. The molecule has 0 heterocycles. The van der Waals surface area contributed by atoms with Crippen molar-refractivity contribution in [2.75, 3.05) is 0 Å². The van der Waals surface area contributed by atoms with Gasteiger partial charge in [-0.3, -0.25) is 4.79 Å². The molecule has 0 spiro atoms. The van der Waals surface area contributed by atoms with Crippen LogP contribution < -0.4 is 0 Å². The van der Waals surface area contributed by atoms with Gasteiger partial charge in [-0.05, 0) is 32.1 Å². The maximum Gasteiger partial charge on any atom is 0.135 e. The molecule has 98 valence electrons. The zero-order valence-electron chi connectivity index (χ0n) is 11.4. The number of Topliss-reactive ketones (excluding diaryl/α,β-unsaturated/α-hetero) is 1. The van der Waals surface area contributed by atoms with E-state index in [2.05, 4.69) is 19.1 Å². The first kappa shape index (κ1) is 14.5. The third-order valence-electron chi connectivity index (χ3n) is 3.78. The van der Waals surface area contributed by atoms with E-state index in [0.717, 1.165) is 25.7 Å². The van der Waals surface area contributed by atoms with Crippen molar-refractivity contribution in [1.82, 2.24) is 0 Å². The van der Waals surface area contributed by atoms with Crippen LogP contribution in [-0.2, 0) is 4.79 Å². The largest absolute Gasteiger partial charge is 0.299 e. The fourth-order valence-electron chi connectivity index (χ4n) is 2.43. The third-order valence-corrected chi connectivity index (χ3v) is 3.78. The molecule has 0 aromatic heterocycles. The predicted molar refractivity (Wildman–Crippen MR) is 74.1 cm³/mol. The minimum atomic E-state index is 0.268. The molecule has 0 aliphatic heterocycles. The molecule has 0 fully saturated rings. The molecule has 0 bridgehead atoms. The van der Waals surface area contributed by atoms with Gasteiger partial charge in [-0.25, -0.2) is 0 Å². The molecule has 1 atom stereocenters. The Morgan fingerprint density at radius 2 is 1.47 bits per heavy atom. The molecular weight excluding hydrogens is 208 g/mol. The summed E-state index contributed by atoms with van der Waals surface area (Å²) in [5, 5.41) is 0. The lowest BCUT2D eigenvalue weighted by molar-refractivity contribution is -0.122. The summed E-state index contributed by atoms with van der Waals surface area (Å²) in [7, 11) is 0. The summed E-state index contributed by atoms with van der Waals surface area (Å²) in [6, 6.07) is 0. The van der Waals surface area contributed by atoms with Crippen molar-refractivity contribution >= 4 is 5.78 Å². The summed E-state index contributed by atoms with van der Waals surface area (Å²) in [5.41, 5.74) is 0. The molecule has 1 nitrogen and oxygen atoms in total. The van der Waals surface area contributed by atoms with Crippen molar-refractivity contribution in [3.8, 4) is 0 Å². The van der Waals surface area contributed by atoms with Gasteiger partial charge >= 0.3 is 0 Å². The van der Waals surface area contributed by atoms with Gasteiger partial charge in [-0.2, -0.15) is 0 Å². The van der Waals surface area contributed by atoms with Crippen molar-refractivity contribution in [3.05, 3.63) is 12.2 Å². The standard InChI is InChI=1S/C16H28O/c1-15-13-11-9-7-5-3-2-4-6-8-10-12-14-16(15)17/h7,9,15H,2-6,8,10-14H2,1H3/b9-7-/t15-/m1/s1. The van der Waals surface area contributed by atoms with Crippen LogP contribution in [-0.4, -0.2) is 5.78 Å². The molecule has 0 saturated heterocycles. The zero-order chi connectivity index (χ0) is 12.3. The number of hydrogen-bond donors (Lipinski definition) is 0. The number of allylic oxidation sites excluding steroid dienone is 2. The van der Waals surface area contributed by atoms with Crippen LogP contribution in [0.1, 0.15) is 77.6 Å².